The summed E-state index contributed by atoms with van der Waals surface area (Å²) in [4.78, 5) is 32.6. The maximum atomic E-state index is 14.9. The van der Waals surface area contributed by atoms with Crippen LogP contribution in [-0.4, -0.2) is 63.5 Å². The van der Waals surface area contributed by atoms with Crippen molar-refractivity contribution in [1.82, 2.24) is 14.8 Å². The number of halogens is 1. The van der Waals surface area contributed by atoms with E-state index >= 15 is 0 Å². The molecular weight excluding hydrogens is 397 g/mol. The van der Waals surface area contributed by atoms with E-state index in [1.54, 1.807) is 22.1 Å². The highest BCUT2D eigenvalue weighted by molar-refractivity contribution is 5.95. The normalized spacial score (nSPS) is 17.6. The van der Waals surface area contributed by atoms with Gasteiger partial charge < -0.3 is 14.9 Å². The van der Waals surface area contributed by atoms with Crippen molar-refractivity contribution in [2.75, 3.05) is 26.2 Å². The third-order valence-electron chi connectivity index (χ3n) is 6.10. The minimum Gasteiger partial charge on any atom is -0.380 e. The lowest BCUT2D eigenvalue weighted by Crippen LogP contribution is -2.53. The molecule has 31 heavy (non-hydrogen) atoms. The Bertz CT molecular complexity index is 1180. The molecule has 6 nitrogen and oxygen atoms in total. The Hall–Kier alpha value is -3.32. The highest BCUT2D eigenvalue weighted by atomic mass is 19.1. The molecule has 0 radical (unpaired) electrons. The van der Waals surface area contributed by atoms with Gasteiger partial charge in [-0.25, -0.2) is 4.39 Å². The molecule has 3 aromatic rings. The summed E-state index contributed by atoms with van der Waals surface area (Å²) in [5.41, 5.74) is 1.11. The van der Waals surface area contributed by atoms with Gasteiger partial charge in [0.05, 0.1) is 11.1 Å². The zero-order valence-corrected chi connectivity index (χ0v) is 16.9. The summed E-state index contributed by atoms with van der Waals surface area (Å²) < 4.78 is 14.9. The van der Waals surface area contributed by atoms with Crippen LogP contribution in [-0.2, 0) is 4.79 Å². The van der Waals surface area contributed by atoms with Crippen LogP contribution >= 0.6 is 0 Å². The number of aliphatic hydroxyl groups is 1. The molecule has 1 aliphatic carbocycles. The number of para-hydroxylation sites is 1. The number of pyridine rings is 1. The molecule has 1 saturated heterocycles. The lowest BCUT2D eigenvalue weighted by Gasteiger charge is -2.35. The van der Waals surface area contributed by atoms with Crippen LogP contribution in [0.25, 0.3) is 22.0 Å². The number of hydrogen-bond acceptors (Lipinski definition) is 4. The van der Waals surface area contributed by atoms with Crippen LogP contribution in [0.5, 0.6) is 0 Å². The van der Waals surface area contributed by atoms with Crippen molar-refractivity contribution in [3.63, 3.8) is 0 Å². The molecule has 1 saturated carbocycles. The highest BCUT2D eigenvalue weighted by Gasteiger charge is 2.50. The van der Waals surface area contributed by atoms with Crippen LogP contribution in [0.1, 0.15) is 23.2 Å². The molecule has 0 bridgehead atoms. The Balaban J connectivity index is 1.30. The second-order valence-corrected chi connectivity index (χ2v) is 8.23. The second-order valence-electron chi connectivity index (χ2n) is 8.23. The van der Waals surface area contributed by atoms with E-state index in [0.717, 1.165) is 16.5 Å². The number of amides is 2. The Labute approximate surface area is 178 Å². The van der Waals surface area contributed by atoms with Gasteiger partial charge >= 0.3 is 0 Å². The SMILES string of the molecule is O=C(c1ccc(-c2cnc3ccccc3c2)cc1F)N1CCN(C(=O)C2(O)CC2)CC1. The lowest BCUT2D eigenvalue weighted by molar-refractivity contribution is -0.143. The predicted molar refractivity (Wildman–Crippen MR) is 114 cm³/mol. The van der Waals surface area contributed by atoms with E-state index < -0.39 is 17.3 Å². The van der Waals surface area contributed by atoms with Crippen molar-refractivity contribution in [3.8, 4) is 11.1 Å². The van der Waals surface area contributed by atoms with Gasteiger partial charge in [0.2, 0.25) is 0 Å². The van der Waals surface area contributed by atoms with E-state index in [0.29, 0.717) is 44.6 Å². The van der Waals surface area contributed by atoms with Gasteiger partial charge in [-0.05, 0) is 42.7 Å². The van der Waals surface area contributed by atoms with Gasteiger partial charge in [0.15, 0.2) is 0 Å². The van der Waals surface area contributed by atoms with Gasteiger partial charge in [-0.15, -0.1) is 0 Å². The first kappa shape index (κ1) is 19.6. The molecule has 1 aliphatic heterocycles. The van der Waals surface area contributed by atoms with Gasteiger partial charge in [-0.1, -0.05) is 24.3 Å². The number of carbonyl (C=O) groups is 2. The standard InChI is InChI=1S/C24H22FN3O3/c25-20-14-16(18-13-17-3-1-2-4-21(17)26-15-18)5-6-19(20)22(29)27-9-11-28(12-10-27)23(30)24(31)7-8-24/h1-6,13-15,31H,7-12H2. The average Bonchev–Trinajstić information content (AvgIpc) is 3.56. The summed E-state index contributed by atoms with van der Waals surface area (Å²) >= 11 is 0. The third kappa shape index (κ3) is 3.65. The topological polar surface area (TPSA) is 73.7 Å². The van der Waals surface area contributed by atoms with Crippen LogP contribution in [0, 0.1) is 5.82 Å². The molecule has 7 heteroatoms. The lowest BCUT2D eigenvalue weighted by atomic mass is 10.0. The van der Waals surface area contributed by atoms with Gasteiger partial charge in [-0.2, -0.15) is 0 Å². The predicted octanol–water partition coefficient (Wildman–Crippen LogP) is 2.85. The van der Waals surface area contributed by atoms with Gasteiger partial charge in [-0.3, -0.25) is 14.6 Å². The fraction of sp³-hybridized carbons (Fsp3) is 0.292. The first-order valence-corrected chi connectivity index (χ1v) is 10.4. The van der Waals surface area contributed by atoms with Gasteiger partial charge in [0.1, 0.15) is 11.4 Å². The van der Waals surface area contributed by atoms with Gasteiger partial charge in [0, 0.05) is 43.3 Å². The van der Waals surface area contributed by atoms with E-state index in [-0.39, 0.29) is 11.5 Å². The summed E-state index contributed by atoms with van der Waals surface area (Å²) in [5.74, 6) is -1.24. The second kappa shape index (κ2) is 7.42. The van der Waals surface area contributed by atoms with E-state index in [2.05, 4.69) is 4.98 Å². The first-order chi connectivity index (χ1) is 14.9. The van der Waals surface area contributed by atoms with Crippen LogP contribution < -0.4 is 0 Å². The van der Waals surface area contributed by atoms with Crippen LogP contribution in [0.3, 0.4) is 0 Å². The molecular formula is C24H22FN3O3. The molecule has 2 amide bonds. The zero-order valence-electron chi connectivity index (χ0n) is 16.9. The first-order valence-electron chi connectivity index (χ1n) is 10.4. The molecule has 0 spiro atoms. The Morgan fingerprint density at radius 2 is 1.65 bits per heavy atom. The minimum atomic E-state index is -1.20. The molecule has 158 valence electrons. The number of hydrogen-bond donors (Lipinski definition) is 1. The number of piperazine rings is 1. The molecule has 2 aromatic carbocycles. The van der Waals surface area contributed by atoms with Crippen molar-refractivity contribution in [1.29, 1.82) is 0 Å². The minimum absolute atomic E-state index is 0.0121. The highest BCUT2D eigenvalue weighted by Crippen LogP contribution is 2.37. The molecule has 2 heterocycles. The molecule has 0 atom stereocenters. The van der Waals surface area contributed by atoms with Crippen LogP contribution in [0.2, 0.25) is 0 Å². The maximum Gasteiger partial charge on any atom is 0.256 e. The van der Waals surface area contributed by atoms with Crippen LogP contribution in [0.4, 0.5) is 4.39 Å². The number of nitrogens with zero attached hydrogens (tertiary/aromatic N) is 3. The number of benzene rings is 2. The summed E-state index contributed by atoms with van der Waals surface area (Å²) in [6.07, 6.45) is 2.69. The Morgan fingerprint density at radius 3 is 2.35 bits per heavy atom. The van der Waals surface area contributed by atoms with Crippen LogP contribution in [0.15, 0.2) is 54.7 Å². The summed E-state index contributed by atoms with van der Waals surface area (Å²) in [6, 6.07) is 14.3. The van der Waals surface area contributed by atoms with Crippen molar-refractivity contribution in [2.24, 2.45) is 0 Å². The molecule has 2 fully saturated rings. The van der Waals surface area contributed by atoms with Crippen molar-refractivity contribution >= 4 is 22.7 Å². The molecule has 1 N–H and O–H groups in total. The number of fused-ring (bicyclic) bond motifs is 1. The van der Waals surface area contributed by atoms with Crippen molar-refractivity contribution in [2.45, 2.75) is 18.4 Å². The molecule has 2 aliphatic rings. The summed E-state index contributed by atoms with van der Waals surface area (Å²) in [5, 5.41) is 11.0. The Morgan fingerprint density at radius 1 is 0.935 bits per heavy atom. The fourth-order valence-electron chi connectivity index (χ4n) is 4.01. The summed E-state index contributed by atoms with van der Waals surface area (Å²) in [6.45, 7) is 1.32. The van der Waals surface area contributed by atoms with Gasteiger partial charge in [0.25, 0.3) is 11.8 Å². The van der Waals surface area contributed by atoms with E-state index in [4.69, 9.17) is 0 Å². The van der Waals surface area contributed by atoms with E-state index in [9.17, 15) is 19.1 Å². The summed E-state index contributed by atoms with van der Waals surface area (Å²) in [7, 11) is 0. The zero-order chi connectivity index (χ0) is 21.6. The fourth-order valence-corrected chi connectivity index (χ4v) is 4.01. The monoisotopic (exact) mass is 419 g/mol. The molecule has 1 aromatic heterocycles. The smallest absolute Gasteiger partial charge is 0.256 e. The number of rotatable bonds is 3. The van der Waals surface area contributed by atoms with Crippen molar-refractivity contribution in [3.05, 3.63) is 66.1 Å². The van der Waals surface area contributed by atoms with E-state index in [1.807, 2.05) is 30.3 Å². The quantitative estimate of drug-likeness (QED) is 0.709. The molecule has 5 rings (SSSR count). The maximum absolute atomic E-state index is 14.9. The molecule has 0 unspecified atom stereocenters. The Kier molecular flexibility index (Phi) is 4.70. The van der Waals surface area contributed by atoms with Crippen molar-refractivity contribution < 1.29 is 19.1 Å². The van der Waals surface area contributed by atoms with E-state index in [1.165, 1.54) is 12.1 Å². The number of carbonyl (C=O) groups excluding carboxylic acids is 2. The number of aromatic nitrogens is 1. The third-order valence-corrected chi connectivity index (χ3v) is 6.10. The largest absolute Gasteiger partial charge is 0.380 e. The average molecular weight is 419 g/mol.